The molecule has 30 heavy (non-hydrogen) atoms. The molecule has 8 nitrogen and oxygen atoms in total. The summed E-state index contributed by atoms with van der Waals surface area (Å²) in [6.45, 7) is 2.29. The van der Waals surface area contributed by atoms with Crippen molar-refractivity contribution < 1.29 is 14.5 Å². The van der Waals surface area contributed by atoms with Gasteiger partial charge >= 0.3 is 5.69 Å². The number of carbonyl (C=O) groups is 1. The molecule has 0 saturated heterocycles. The van der Waals surface area contributed by atoms with Gasteiger partial charge in [0, 0.05) is 25.7 Å². The Hall–Kier alpha value is -3.20. The maximum Gasteiger partial charge on any atom is 0.311 e. The number of carbonyl (C=O) groups excluding carboxylic acids is 1. The van der Waals surface area contributed by atoms with Crippen LogP contribution in [-0.4, -0.2) is 32.6 Å². The molecule has 0 aliphatic rings. The standard InChI is InChI=1S/C21H21BrN4O4/c1-14-7-8-20(18(9-14)26(28)29)30-13-15-5-4-6-16(10-15)21(27)24(2)12-19-17(22)11-23-25(19)3/h4-11H,12-13H2,1-3H3. The molecule has 0 N–H and O–H groups in total. The van der Waals surface area contributed by atoms with Gasteiger partial charge in [-0.25, -0.2) is 0 Å². The second-order valence-electron chi connectivity index (χ2n) is 6.94. The van der Waals surface area contributed by atoms with Crippen molar-refractivity contribution >= 4 is 27.5 Å². The summed E-state index contributed by atoms with van der Waals surface area (Å²) in [7, 11) is 3.54. The van der Waals surface area contributed by atoms with Gasteiger partial charge in [-0.15, -0.1) is 0 Å². The Morgan fingerprint density at radius 3 is 2.73 bits per heavy atom. The van der Waals surface area contributed by atoms with Crippen LogP contribution in [0.5, 0.6) is 5.75 Å². The van der Waals surface area contributed by atoms with Crippen molar-refractivity contribution in [1.82, 2.24) is 14.7 Å². The van der Waals surface area contributed by atoms with Gasteiger partial charge in [0.25, 0.3) is 5.91 Å². The van der Waals surface area contributed by atoms with E-state index in [0.29, 0.717) is 12.1 Å². The Kier molecular flexibility index (Phi) is 6.51. The highest BCUT2D eigenvalue weighted by molar-refractivity contribution is 9.10. The number of rotatable bonds is 7. The molecule has 3 rings (SSSR count). The molecule has 3 aromatic rings. The van der Waals surface area contributed by atoms with Crippen LogP contribution in [0.1, 0.15) is 27.2 Å². The maximum absolute atomic E-state index is 12.9. The Labute approximate surface area is 182 Å². The van der Waals surface area contributed by atoms with E-state index in [4.69, 9.17) is 4.74 Å². The molecule has 1 amide bonds. The van der Waals surface area contributed by atoms with Crippen LogP contribution < -0.4 is 4.74 Å². The molecule has 0 spiro atoms. The van der Waals surface area contributed by atoms with Crippen LogP contribution in [0.2, 0.25) is 0 Å². The van der Waals surface area contributed by atoms with Gasteiger partial charge in [-0.3, -0.25) is 19.6 Å². The first-order chi connectivity index (χ1) is 14.3. The molecule has 9 heteroatoms. The Morgan fingerprint density at radius 1 is 1.30 bits per heavy atom. The minimum atomic E-state index is -0.464. The average molecular weight is 473 g/mol. The second-order valence-corrected chi connectivity index (χ2v) is 7.80. The van der Waals surface area contributed by atoms with E-state index in [1.54, 1.807) is 60.1 Å². The fraction of sp³-hybridized carbons (Fsp3) is 0.238. The number of ether oxygens (including phenoxy) is 1. The summed E-state index contributed by atoms with van der Waals surface area (Å²) >= 11 is 3.44. The monoisotopic (exact) mass is 472 g/mol. The molecule has 0 atom stereocenters. The number of halogens is 1. The molecule has 0 saturated carbocycles. The highest BCUT2D eigenvalue weighted by Gasteiger charge is 2.17. The number of benzene rings is 2. The number of aryl methyl sites for hydroxylation is 2. The van der Waals surface area contributed by atoms with Crippen molar-refractivity contribution in [2.75, 3.05) is 7.05 Å². The summed E-state index contributed by atoms with van der Waals surface area (Å²) in [5.74, 6) is 0.0479. The van der Waals surface area contributed by atoms with Gasteiger partial charge in [0.1, 0.15) is 6.61 Å². The van der Waals surface area contributed by atoms with Crippen molar-refractivity contribution in [3.63, 3.8) is 0 Å². The maximum atomic E-state index is 12.9. The minimum absolute atomic E-state index is 0.0799. The molecule has 1 aromatic heterocycles. The summed E-state index contributed by atoms with van der Waals surface area (Å²) in [4.78, 5) is 25.2. The lowest BCUT2D eigenvalue weighted by molar-refractivity contribution is -0.386. The second kappa shape index (κ2) is 9.08. The summed E-state index contributed by atoms with van der Waals surface area (Å²) in [5.41, 5.74) is 2.84. The predicted octanol–water partition coefficient (Wildman–Crippen LogP) is 4.25. The van der Waals surface area contributed by atoms with E-state index in [9.17, 15) is 14.9 Å². The van der Waals surface area contributed by atoms with Crippen LogP contribution in [0.15, 0.2) is 53.1 Å². The molecule has 0 aliphatic heterocycles. The normalized spacial score (nSPS) is 10.7. The zero-order chi connectivity index (χ0) is 21.8. The number of amides is 1. The van der Waals surface area contributed by atoms with Crippen LogP contribution >= 0.6 is 15.9 Å². The topological polar surface area (TPSA) is 90.5 Å². The summed E-state index contributed by atoms with van der Waals surface area (Å²) in [6.07, 6.45) is 1.69. The molecule has 0 unspecified atom stereocenters. The highest BCUT2D eigenvalue weighted by Crippen LogP contribution is 2.28. The van der Waals surface area contributed by atoms with Gasteiger partial charge in [-0.1, -0.05) is 18.2 Å². The van der Waals surface area contributed by atoms with E-state index in [0.717, 1.165) is 21.3 Å². The van der Waals surface area contributed by atoms with Crippen molar-refractivity contribution in [3.8, 4) is 5.75 Å². The van der Waals surface area contributed by atoms with Crippen molar-refractivity contribution in [2.45, 2.75) is 20.1 Å². The SMILES string of the molecule is Cc1ccc(OCc2cccc(C(=O)N(C)Cc3c(Br)cnn3C)c2)c([N+](=O)[O-])c1. The lowest BCUT2D eigenvalue weighted by atomic mass is 10.1. The predicted molar refractivity (Wildman–Crippen MR) is 115 cm³/mol. The third-order valence-corrected chi connectivity index (χ3v) is 5.29. The lowest BCUT2D eigenvalue weighted by Gasteiger charge is -2.18. The van der Waals surface area contributed by atoms with E-state index in [1.165, 1.54) is 6.07 Å². The van der Waals surface area contributed by atoms with Crippen LogP contribution in [0.3, 0.4) is 0 Å². The van der Waals surface area contributed by atoms with E-state index in [2.05, 4.69) is 21.0 Å². The Balaban J connectivity index is 1.72. The molecule has 0 fully saturated rings. The molecule has 0 aliphatic carbocycles. The fourth-order valence-corrected chi connectivity index (χ4v) is 3.45. The van der Waals surface area contributed by atoms with Crippen molar-refractivity contribution in [3.05, 3.63) is 85.6 Å². The summed E-state index contributed by atoms with van der Waals surface area (Å²) < 4.78 is 8.22. The van der Waals surface area contributed by atoms with Crippen molar-refractivity contribution in [2.24, 2.45) is 7.05 Å². The van der Waals surface area contributed by atoms with Gasteiger partial charge in [-0.05, 0) is 52.2 Å². The molecular formula is C21H21BrN4O4. The van der Waals surface area contributed by atoms with E-state index in [-0.39, 0.29) is 24.0 Å². The fourth-order valence-electron chi connectivity index (χ4n) is 2.98. The number of nitrogens with zero attached hydrogens (tertiary/aromatic N) is 4. The first kappa shape index (κ1) is 21.5. The van der Waals surface area contributed by atoms with E-state index < -0.39 is 4.92 Å². The van der Waals surface area contributed by atoms with Crippen molar-refractivity contribution in [1.29, 1.82) is 0 Å². The van der Waals surface area contributed by atoms with E-state index in [1.807, 2.05) is 13.1 Å². The first-order valence-electron chi connectivity index (χ1n) is 9.15. The molecule has 156 valence electrons. The van der Waals surface area contributed by atoms with Gasteiger partial charge in [-0.2, -0.15) is 5.10 Å². The van der Waals surface area contributed by atoms with Crippen LogP contribution in [0, 0.1) is 17.0 Å². The quantitative estimate of drug-likeness (QED) is 0.378. The number of nitro benzene ring substituents is 1. The number of aromatic nitrogens is 2. The number of hydrogen-bond donors (Lipinski definition) is 0. The molecule has 2 aromatic carbocycles. The Morgan fingerprint density at radius 2 is 2.07 bits per heavy atom. The van der Waals surface area contributed by atoms with E-state index >= 15 is 0 Å². The van der Waals surface area contributed by atoms with Crippen LogP contribution in [-0.2, 0) is 20.2 Å². The molecule has 0 radical (unpaired) electrons. The third kappa shape index (κ3) is 4.85. The van der Waals surface area contributed by atoms with Gasteiger partial charge in [0.15, 0.2) is 5.75 Å². The lowest BCUT2D eigenvalue weighted by Crippen LogP contribution is -2.27. The molecule has 1 heterocycles. The zero-order valence-corrected chi connectivity index (χ0v) is 18.4. The van der Waals surface area contributed by atoms with Gasteiger partial charge < -0.3 is 9.64 Å². The average Bonchev–Trinajstić information content (AvgIpc) is 3.04. The third-order valence-electron chi connectivity index (χ3n) is 4.62. The zero-order valence-electron chi connectivity index (χ0n) is 16.8. The minimum Gasteiger partial charge on any atom is -0.482 e. The molecule has 0 bridgehead atoms. The van der Waals surface area contributed by atoms with Crippen LogP contribution in [0.4, 0.5) is 5.69 Å². The Bertz CT molecular complexity index is 1080. The molecular weight excluding hydrogens is 452 g/mol. The first-order valence-corrected chi connectivity index (χ1v) is 9.94. The highest BCUT2D eigenvalue weighted by atomic mass is 79.9. The van der Waals surface area contributed by atoms with Crippen LogP contribution in [0.25, 0.3) is 0 Å². The number of hydrogen-bond acceptors (Lipinski definition) is 5. The van der Waals surface area contributed by atoms with Gasteiger partial charge in [0.05, 0.1) is 27.8 Å². The number of nitro groups is 1. The smallest absolute Gasteiger partial charge is 0.311 e. The van der Waals surface area contributed by atoms with Gasteiger partial charge in [0.2, 0.25) is 0 Å². The summed E-state index contributed by atoms with van der Waals surface area (Å²) in [5, 5.41) is 15.4. The summed E-state index contributed by atoms with van der Waals surface area (Å²) in [6, 6.07) is 11.9. The largest absolute Gasteiger partial charge is 0.482 e.